The largest absolute Gasteiger partial charge is 0.0801 e. The summed E-state index contributed by atoms with van der Waals surface area (Å²) in [5, 5.41) is 2.74. The van der Waals surface area contributed by atoms with E-state index in [-0.39, 0.29) is 0 Å². The molecule has 0 N–H and O–H groups in total. The molecule has 0 heteroatoms. The molecule has 0 atom stereocenters. The second-order valence-electron chi connectivity index (χ2n) is 4.67. The average Bonchev–Trinajstić information content (AvgIpc) is 2.73. The van der Waals surface area contributed by atoms with Crippen molar-refractivity contribution in [3.63, 3.8) is 0 Å². The number of rotatable bonds is 0. The van der Waals surface area contributed by atoms with Gasteiger partial charge in [0.05, 0.1) is 0 Å². The van der Waals surface area contributed by atoms with Crippen LogP contribution in [-0.4, -0.2) is 0 Å². The van der Waals surface area contributed by atoms with Crippen molar-refractivity contribution in [3.8, 4) is 11.1 Å². The first-order chi connectivity index (χ1) is 8.42. The maximum atomic E-state index is 2.34. The van der Waals surface area contributed by atoms with Gasteiger partial charge in [-0.3, -0.25) is 0 Å². The summed E-state index contributed by atoms with van der Waals surface area (Å²) in [5.74, 6) is 0. The molecular formula is C17H12. The summed E-state index contributed by atoms with van der Waals surface area (Å²) in [5.41, 5.74) is 5.53. The smallest absolute Gasteiger partial charge is 0.00882 e. The predicted octanol–water partition coefficient (Wildman–Crippen LogP) is 2.39. The number of hydrogen-bond donors (Lipinski definition) is 0. The normalized spacial score (nSPS) is 14.4. The monoisotopic (exact) mass is 216 g/mol. The molecule has 0 fully saturated rings. The van der Waals surface area contributed by atoms with Crippen molar-refractivity contribution < 1.29 is 0 Å². The predicted molar refractivity (Wildman–Crippen MR) is 72.0 cm³/mol. The number of benzene rings is 2. The lowest BCUT2D eigenvalue weighted by atomic mass is 9.98. The van der Waals surface area contributed by atoms with Crippen molar-refractivity contribution in [1.29, 1.82) is 0 Å². The molecule has 0 heterocycles. The van der Waals surface area contributed by atoms with Crippen molar-refractivity contribution in [1.82, 2.24) is 0 Å². The average molecular weight is 216 g/mol. The molecule has 80 valence electrons. The van der Waals surface area contributed by atoms with E-state index in [0.717, 1.165) is 6.42 Å². The van der Waals surface area contributed by atoms with Gasteiger partial charge in [-0.05, 0) is 51.3 Å². The molecule has 2 aliphatic carbocycles. The maximum Gasteiger partial charge on any atom is -0.00882 e. The van der Waals surface area contributed by atoms with Crippen LogP contribution in [0.5, 0.6) is 0 Å². The van der Waals surface area contributed by atoms with E-state index in [9.17, 15) is 0 Å². The molecule has 0 aromatic heterocycles. The van der Waals surface area contributed by atoms with Crippen molar-refractivity contribution in [2.45, 2.75) is 6.42 Å². The molecule has 0 unspecified atom stereocenters. The Balaban J connectivity index is 2.10. The van der Waals surface area contributed by atoms with Gasteiger partial charge in [-0.2, -0.15) is 0 Å². The Kier molecular flexibility index (Phi) is 1.70. The summed E-state index contributed by atoms with van der Waals surface area (Å²) < 4.78 is 0. The van der Waals surface area contributed by atoms with E-state index >= 15 is 0 Å². The summed E-state index contributed by atoms with van der Waals surface area (Å²) in [6.07, 6.45) is 9.93. The van der Waals surface area contributed by atoms with Gasteiger partial charge in [-0.1, -0.05) is 48.6 Å². The minimum Gasteiger partial charge on any atom is -0.0801 e. The lowest BCUT2D eigenvalue weighted by Gasteiger charge is -2.06. The van der Waals surface area contributed by atoms with Crippen LogP contribution in [0.2, 0.25) is 0 Å². The maximum absolute atomic E-state index is 2.34. The van der Waals surface area contributed by atoms with Crippen LogP contribution in [0.15, 0.2) is 48.6 Å². The molecule has 2 aromatic rings. The van der Waals surface area contributed by atoms with Crippen LogP contribution in [0.4, 0.5) is 0 Å². The highest BCUT2D eigenvalue weighted by Gasteiger charge is 2.12. The minimum absolute atomic E-state index is 1.06. The van der Waals surface area contributed by atoms with Gasteiger partial charge in [0.15, 0.2) is 0 Å². The van der Waals surface area contributed by atoms with E-state index in [0.29, 0.717) is 0 Å². The second-order valence-corrected chi connectivity index (χ2v) is 4.67. The Hall–Kier alpha value is -2.08. The fraction of sp³-hybridized carbons (Fsp3) is 0.0588. The molecule has 4 rings (SSSR count). The Morgan fingerprint density at radius 3 is 2.82 bits per heavy atom. The molecule has 0 nitrogen and oxygen atoms in total. The Labute approximate surface area is 100 Å². The first-order valence-electron chi connectivity index (χ1n) is 6.03. The van der Waals surface area contributed by atoms with Crippen LogP contribution in [-0.2, 0) is 6.42 Å². The lowest BCUT2D eigenvalue weighted by molar-refractivity contribution is 1.22. The van der Waals surface area contributed by atoms with Gasteiger partial charge >= 0.3 is 0 Å². The summed E-state index contributed by atoms with van der Waals surface area (Å²) in [6, 6.07) is 13.3. The number of hydrogen-bond acceptors (Lipinski definition) is 0. The topological polar surface area (TPSA) is 0 Å². The van der Waals surface area contributed by atoms with Crippen LogP contribution in [0.3, 0.4) is 0 Å². The van der Waals surface area contributed by atoms with Gasteiger partial charge in [0.25, 0.3) is 0 Å². The molecule has 0 spiro atoms. The molecule has 17 heavy (non-hydrogen) atoms. The van der Waals surface area contributed by atoms with Gasteiger partial charge in [0, 0.05) is 0 Å². The van der Waals surface area contributed by atoms with Gasteiger partial charge in [0.1, 0.15) is 0 Å². The SMILES string of the molecule is C1=CCc2cc3c(cc2=C1)-c1ccccc1C=3. The van der Waals surface area contributed by atoms with Crippen LogP contribution >= 0.6 is 0 Å². The summed E-state index contributed by atoms with van der Waals surface area (Å²) >= 11 is 0. The first-order valence-corrected chi connectivity index (χ1v) is 6.03. The zero-order valence-corrected chi connectivity index (χ0v) is 9.48. The number of allylic oxidation sites excluding steroid dienone is 2. The molecule has 0 bridgehead atoms. The molecule has 0 radical (unpaired) electrons. The molecule has 0 amide bonds. The van der Waals surface area contributed by atoms with E-state index < -0.39 is 0 Å². The van der Waals surface area contributed by atoms with Crippen molar-refractivity contribution in [2.75, 3.05) is 0 Å². The fourth-order valence-corrected chi connectivity index (χ4v) is 2.77. The van der Waals surface area contributed by atoms with Crippen molar-refractivity contribution in [3.05, 3.63) is 70.1 Å². The Morgan fingerprint density at radius 1 is 0.882 bits per heavy atom. The first kappa shape index (κ1) is 9.00. The zero-order chi connectivity index (χ0) is 11.2. The van der Waals surface area contributed by atoms with Gasteiger partial charge in [-0.25, -0.2) is 0 Å². The fourth-order valence-electron chi connectivity index (χ4n) is 2.77. The van der Waals surface area contributed by atoms with Crippen LogP contribution in [0, 0.1) is 0 Å². The highest BCUT2D eigenvalue weighted by Crippen LogP contribution is 2.25. The van der Waals surface area contributed by atoms with E-state index in [1.807, 2.05) is 0 Å². The van der Waals surface area contributed by atoms with E-state index in [4.69, 9.17) is 0 Å². The molecule has 2 aliphatic rings. The van der Waals surface area contributed by atoms with Crippen LogP contribution < -0.4 is 10.4 Å². The lowest BCUT2D eigenvalue weighted by Crippen LogP contribution is -2.17. The van der Waals surface area contributed by atoms with E-state index in [1.165, 1.54) is 32.7 Å². The van der Waals surface area contributed by atoms with E-state index in [1.54, 1.807) is 0 Å². The van der Waals surface area contributed by atoms with Gasteiger partial charge in [0.2, 0.25) is 0 Å². The third-order valence-corrected chi connectivity index (χ3v) is 3.62. The highest BCUT2D eigenvalue weighted by atomic mass is 14.2. The van der Waals surface area contributed by atoms with Gasteiger partial charge in [-0.15, -0.1) is 0 Å². The third kappa shape index (κ3) is 1.24. The quantitative estimate of drug-likeness (QED) is 0.541. The highest BCUT2D eigenvalue weighted by molar-refractivity contribution is 5.83. The molecule has 2 aromatic carbocycles. The summed E-state index contributed by atoms with van der Waals surface area (Å²) in [6.45, 7) is 0. The number of fused-ring (bicyclic) bond motifs is 4. The molecular weight excluding hydrogens is 204 g/mol. The minimum atomic E-state index is 1.06. The van der Waals surface area contributed by atoms with Crippen LogP contribution in [0.25, 0.3) is 23.3 Å². The Bertz CT molecular complexity index is 761. The third-order valence-electron chi connectivity index (χ3n) is 3.62. The van der Waals surface area contributed by atoms with Crippen molar-refractivity contribution in [2.24, 2.45) is 0 Å². The Morgan fingerprint density at radius 2 is 1.82 bits per heavy atom. The summed E-state index contributed by atoms with van der Waals surface area (Å²) in [7, 11) is 0. The second kappa shape index (κ2) is 3.21. The molecule has 0 saturated heterocycles. The molecule has 0 aliphatic heterocycles. The van der Waals surface area contributed by atoms with E-state index in [2.05, 4.69) is 60.7 Å². The van der Waals surface area contributed by atoms with Crippen molar-refractivity contribution >= 4 is 12.2 Å². The summed E-state index contributed by atoms with van der Waals surface area (Å²) in [4.78, 5) is 0. The van der Waals surface area contributed by atoms with Gasteiger partial charge < -0.3 is 0 Å². The molecule has 0 saturated carbocycles. The standard InChI is InChI=1S/C17H12/c1-2-6-13-11-17-15(9-12(13)5-1)10-14-7-3-4-8-16(14)17/h1-4,6-11H,5H2. The van der Waals surface area contributed by atoms with Crippen LogP contribution in [0.1, 0.15) is 11.1 Å². The zero-order valence-electron chi connectivity index (χ0n) is 9.48.